The van der Waals surface area contributed by atoms with Crippen molar-refractivity contribution in [1.82, 2.24) is 10.2 Å². The molecule has 130 valence electrons. The van der Waals surface area contributed by atoms with Crippen molar-refractivity contribution in [2.75, 3.05) is 47.5 Å². The molecule has 0 spiro atoms. The van der Waals surface area contributed by atoms with Crippen LogP contribution >= 0.6 is 0 Å². The Balaban J connectivity index is 2.56. The van der Waals surface area contributed by atoms with E-state index in [9.17, 15) is 13.2 Å². The molecule has 0 aliphatic carbocycles. The zero-order valence-corrected chi connectivity index (χ0v) is 13.4. The summed E-state index contributed by atoms with van der Waals surface area (Å²) in [7, 11) is 4.11. The predicted octanol–water partition coefficient (Wildman–Crippen LogP) is 2.22. The summed E-state index contributed by atoms with van der Waals surface area (Å²) in [5.41, 5.74) is -0.0230. The Hall–Kier alpha value is -1.67. The topological polar surface area (TPSA) is 43.0 Å². The first-order valence-electron chi connectivity index (χ1n) is 7.23. The molecule has 1 aliphatic heterocycles. The lowest BCUT2D eigenvalue weighted by molar-refractivity contribution is -0.188. The van der Waals surface area contributed by atoms with Crippen molar-refractivity contribution < 1.29 is 27.4 Å². The van der Waals surface area contributed by atoms with Gasteiger partial charge < -0.3 is 19.5 Å². The number of rotatable bonds is 5. The van der Waals surface area contributed by atoms with E-state index in [1.165, 1.54) is 38.4 Å². The molecule has 2 rings (SSSR count). The number of methoxy groups -OCH3 is 3. The van der Waals surface area contributed by atoms with Crippen LogP contribution in [0, 0.1) is 0 Å². The van der Waals surface area contributed by atoms with Gasteiger partial charge in [0.15, 0.2) is 0 Å². The molecule has 1 heterocycles. The summed E-state index contributed by atoms with van der Waals surface area (Å²) < 4.78 is 56.9. The van der Waals surface area contributed by atoms with Crippen molar-refractivity contribution >= 4 is 0 Å². The quantitative estimate of drug-likeness (QED) is 0.894. The van der Waals surface area contributed by atoms with E-state index < -0.39 is 12.2 Å². The standard InChI is InChI=1S/C15H21F3N2O3/c1-21-10-8-11(22-2)13(12(9-10)23-3)14(15(16,17)18)20-6-4-19-5-7-20/h8-9,14,19H,4-7H2,1-3H3/t14-/m1/s1. The van der Waals surface area contributed by atoms with Crippen LogP contribution in [0.2, 0.25) is 0 Å². The van der Waals surface area contributed by atoms with Gasteiger partial charge in [-0.05, 0) is 0 Å². The van der Waals surface area contributed by atoms with Gasteiger partial charge in [-0.15, -0.1) is 0 Å². The Bertz CT molecular complexity index is 506. The average Bonchev–Trinajstić information content (AvgIpc) is 2.54. The molecule has 0 aromatic heterocycles. The van der Waals surface area contributed by atoms with E-state index in [1.807, 2.05) is 0 Å². The third-order valence-corrected chi connectivity index (χ3v) is 3.85. The van der Waals surface area contributed by atoms with E-state index in [1.54, 1.807) is 0 Å². The highest BCUT2D eigenvalue weighted by molar-refractivity contribution is 5.53. The van der Waals surface area contributed by atoms with E-state index in [-0.39, 0.29) is 17.1 Å². The second-order valence-electron chi connectivity index (χ2n) is 5.18. The summed E-state index contributed by atoms with van der Waals surface area (Å²) in [5, 5.41) is 3.06. The largest absolute Gasteiger partial charge is 0.496 e. The summed E-state index contributed by atoms with van der Waals surface area (Å²) in [4.78, 5) is 1.39. The zero-order chi connectivity index (χ0) is 17.0. The second kappa shape index (κ2) is 7.27. The number of halogens is 3. The van der Waals surface area contributed by atoms with Crippen molar-refractivity contribution in [3.05, 3.63) is 17.7 Å². The lowest BCUT2D eigenvalue weighted by Gasteiger charge is -2.37. The lowest BCUT2D eigenvalue weighted by Crippen LogP contribution is -2.49. The SMILES string of the molecule is COc1cc(OC)c([C@@H](N2CCNCC2)C(F)(F)F)c(OC)c1. The summed E-state index contributed by atoms with van der Waals surface area (Å²) >= 11 is 0. The fourth-order valence-corrected chi connectivity index (χ4v) is 2.80. The molecule has 23 heavy (non-hydrogen) atoms. The molecular weight excluding hydrogens is 313 g/mol. The van der Waals surface area contributed by atoms with Gasteiger partial charge in [0.05, 0.1) is 26.9 Å². The van der Waals surface area contributed by atoms with Crippen molar-refractivity contribution in [3.8, 4) is 17.2 Å². The number of benzene rings is 1. The molecule has 1 aromatic rings. The molecule has 0 radical (unpaired) electrons. The maximum Gasteiger partial charge on any atom is 0.408 e. The molecule has 1 N–H and O–H groups in total. The van der Waals surface area contributed by atoms with Crippen molar-refractivity contribution in [2.45, 2.75) is 12.2 Å². The van der Waals surface area contributed by atoms with Crippen molar-refractivity contribution in [3.63, 3.8) is 0 Å². The monoisotopic (exact) mass is 334 g/mol. The molecule has 0 saturated carbocycles. The molecule has 0 unspecified atom stereocenters. The van der Waals surface area contributed by atoms with Crippen LogP contribution in [-0.2, 0) is 0 Å². The number of hydrogen-bond donors (Lipinski definition) is 1. The molecule has 5 nitrogen and oxygen atoms in total. The van der Waals surface area contributed by atoms with Gasteiger partial charge in [0.2, 0.25) is 0 Å². The van der Waals surface area contributed by atoms with Crippen LogP contribution in [0.15, 0.2) is 12.1 Å². The summed E-state index contributed by atoms with van der Waals surface area (Å²) in [6.07, 6.45) is -4.45. The maximum absolute atomic E-state index is 13.8. The van der Waals surface area contributed by atoms with Crippen LogP contribution in [0.4, 0.5) is 13.2 Å². The fourth-order valence-electron chi connectivity index (χ4n) is 2.80. The first kappa shape index (κ1) is 17.7. The minimum Gasteiger partial charge on any atom is -0.496 e. The van der Waals surface area contributed by atoms with Gasteiger partial charge in [0.1, 0.15) is 23.3 Å². The lowest BCUT2D eigenvalue weighted by atomic mass is 10.0. The highest BCUT2D eigenvalue weighted by atomic mass is 19.4. The molecule has 1 aliphatic rings. The second-order valence-corrected chi connectivity index (χ2v) is 5.18. The average molecular weight is 334 g/mol. The van der Waals surface area contributed by atoms with Crippen LogP contribution in [0.25, 0.3) is 0 Å². The highest BCUT2D eigenvalue weighted by Gasteiger charge is 2.48. The Morgan fingerprint density at radius 1 is 1.00 bits per heavy atom. The summed E-state index contributed by atoms with van der Waals surface area (Å²) in [5.74, 6) is 0.577. The van der Waals surface area contributed by atoms with Gasteiger partial charge in [-0.2, -0.15) is 13.2 Å². The number of piperazine rings is 1. The zero-order valence-electron chi connectivity index (χ0n) is 13.4. The number of nitrogens with zero attached hydrogens (tertiary/aromatic N) is 1. The van der Waals surface area contributed by atoms with Gasteiger partial charge >= 0.3 is 6.18 Å². The van der Waals surface area contributed by atoms with Crippen molar-refractivity contribution in [1.29, 1.82) is 0 Å². The first-order valence-corrected chi connectivity index (χ1v) is 7.23. The minimum atomic E-state index is -4.45. The molecule has 1 aromatic carbocycles. The Labute approximate surface area is 133 Å². The van der Waals surface area contributed by atoms with E-state index in [0.29, 0.717) is 31.9 Å². The van der Waals surface area contributed by atoms with Crippen molar-refractivity contribution in [2.24, 2.45) is 0 Å². The molecule has 0 bridgehead atoms. The summed E-state index contributed by atoms with van der Waals surface area (Å²) in [6, 6.07) is 1.10. The molecule has 1 saturated heterocycles. The Morgan fingerprint density at radius 2 is 1.52 bits per heavy atom. The van der Waals surface area contributed by atoms with E-state index in [4.69, 9.17) is 14.2 Å². The third-order valence-electron chi connectivity index (χ3n) is 3.85. The van der Waals surface area contributed by atoms with Crippen LogP contribution in [0.1, 0.15) is 11.6 Å². The first-order chi connectivity index (χ1) is 10.9. The van der Waals surface area contributed by atoms with E-state index >= 15 is 0 Å². The predicted molar refractivity (Wildman–Crippen MR) is 79.3 cm³/mol. The minimum absolute atomic E-state index is 0.0230. The van der Waals surface area contributed by atoms with E-state index in [0.717, 1.165) is 0 Å². The third kappa shape index (κ3) is 3.81. The number of ether oxygens (including phenoxy) is 3. The Kier molecular flexibility index (Phi) is 5.59. The van der Waals surface area contributed by atoms with Crippen LogP contribution in [-0.4, -0.2) is 58.6 Å². The van der Waals surface area contributed by atoms with Gasteiger partial charge in [0, 0.05) is 38.3 Å². The summed E-state index contributed by atoms with van der Waals surface area (Å²) in [6.45, 7) is 1.60. The normalized spacial score (nSPS) is 17.7. The molecule has 8 heteroatoms. The number of hydrogen-bond acceptors (Lipinski definition) is 5. The number of nitrogens with one attached hydrogen (secondary N) is 1. The smallest absolute Gasteiger partial charge is 0.408 e. The van der Waals surface area contributed by atoms with Gasteiger partial charge in [0.25, 0.3) is 0 Å². The molecular formula is C15H21F3N2O3. The van der Waals surface area contributed by atoms with Crippen LogP contribution in [0.5, 0.6) is 17.2 Å². The van der Waals surface area contributed by atoms with Crippen LogP contribution in [0.3, 0.4) is 0 Å². The van der Waals surface area contributed by atoms with Crippen LogP contribution < -0.4 is 19.5 Å². The van der Waals surface area contributed by atoms with Gasteiger partial charge in [-0.1, -0.05) is 0 Å². The Morgan fingerprint density at radius 3 is 1.91 bits per heavy atom. The number of alkyl halides is 3. The molecule has 1 atom stereocenters. The van der Waals surface area contributed by atoms with Gasteiger partial charge in [-0.3, -0.25) is 4.90 Å². The fraction of sp³-hybridized carbons (Fsp3) is 0.600. The highest BCUT2D eigenvalue weighted by Crippen LogP contribution is 2.47. The van der Waals surface area contributed by atoms with E-state index in [2.05, 4.69) is 5.32 Å². The maximum atomic E-state index is 13.8. The molecule has 0 amide bonds. The van der Waals surface area contributed by atoms with Gasteiger partial charge in [-0.25, -0.2) is 0 Å². The molecule has 1 fully saturated rings.